The van der Waals surface area contributed by atoms with E-state index >= 15 is 0 Å². The van der Waals surface area contributed by atoms with Crippen molar-refractivity contribution in [2.45, 2.75) is 323 Å². The van der Waals surface area contributed by atoms with Gasteiger partial charge in [0.15, 0.2) is 12.2 Å². The number of ether oxygens (including phenoxy) is 4. The first-order valence-corrected chi connectivity index (χ1v) is 35.2. The summed E-state index contributed by atoms with van der Waals surface area (Å²) in [4.78, 5) is 71.8. The molecule has 0 heterocycles. The van der Waals surface area contributed by atoms with Gasteiger partial charge in [0.1, 0.15) is 19.3 Å². The van der Waals surface area contributed by atoms with Crippen molar-refractivity contribution in [3.63, 3.8) is 0 Å². The summed E-state index contributed by atoms with van der Waals surface area (Å²) in [5.41, 5.74) is 0. The molecule has 6 atom stereocenters. The molecule has 0 rings (SSSR count). The van der Waals surface area contributed by atoms with E-state index < -0.39 is 97.5 Å². The Labute approximate surface area is 486 Å². The lowest BCUT2D eigenvalue weighted by molar-refractivity contribution is -0.161. The van der Waals surface area contributed by atoms with E-state index in [9.17, 15) is 43.2 Å². The Bertz CT molecular complexity index is 1570. The quantitative estimate of drug-likeness (QED) is 0.0222. The van der Waals surface area contributed by atoms with Crippen molar-refractivity contribution in [2.75, 3.05) is 39.6 Å². The number of aliphatic hydroxyl groups excluding tert-OH is 1. The van der Waals surface area contributed by atoms with Crippen LogP contribution in [-0.2, 0) is 65.4 Å². The average molecular weight is 1190 g/mol. The van der Waals surface area contributed by atoms with Crippen LogP contribution < -0.4 is 0 Å². The van der Waals surface area contributed by atoms with Gasteiger partial charge in [-0.25, -0.2) is 9.13 Å². The zero-order chi connectivity index (χ0) is 59.2. The summed E-state index contributed by atoms with van der Waals surface area (Å²) in [6, 6.07) is 0. The number of esters is 4. The van der Waals surface area contributed by atoms with Gasteiger partial charge in [-0.1, -0.05) is 253 Å². The van der Waals surface area contributed by atoms with E-state index in [2.05, 4.69) is 34.6 Å². The normalized spacial score (nSPS) is 14.7. The molecule has 3 N–H and O–H groups in total. The molecule has 0 amide bonds. The number of carbonyl (C=O) groups is 4. The fourth-order valence-corrected chi connectivity index (χ4v) is 10.6. The second-order valence-corrected chi connectivity index (χ2v) is 25.2. The largest absolute Gasteiger partial charge is 0.472 e. The molecular weight excluding hydrogens is 1070 g/mol. The highest BCUT2D eigenvalue weighted by molar-refractivity contribution is 7.47. The van der Waals surface area contributed by atoms with E-state index in [1.165, 1.54) is 116 Å². The summed E-state index contributed by atoms with van der Waals surface area (Å²) in [6.45, 7) is 7.08. The lowest BCUT2D eigenvalue weighted by atomic mass is 9.99. The molecule has 0 aliphatic rings. The monoisotopic (exact) mass is 1180 g/mol. The number of aliphatic hydroxyl groups is 1. The lowest BCUT2D eigenvalue weighted by Gasteiger charge is -2.21. The average Bonchev–Trinajstić information content (AvgIpc) is 3.43. The van der Waals surface area contributed by atoms with Gasteiger partial charge in [0.2, 0.25) is 0 Å². The van der Waals surface area contributed by atoms with Crippen molar-refractivity contribution in [3.05, 3.63) is 0 Å². The highest BCUT2D eigenvalue weighted by atomic mass is 31.2. The third kappa shape index (κ3) is 54.0. The van der Waals surface area contributed by atoms with Gasteiger partial charge in [0.05, 0.1) is 26.4 Å². The standard InChI is InChI=1S/C61H118O17P2/c1-6-10-13-16-18-20-21-22-23-27-31-35-40-45-59(64)72-51-57(78-61(66)47-42-37-32-28-25-24-26-29-34-38-43-54(5)9-4)53-76-80(69,70)74-49-55(62)48-73-79(67,68)75-52-56(50-71-58(63)44-39-33-15-12-8-3)77-60(65)46-41-36-30-19-17-14-11-7-2/h54-57,62H,6-53H2,1-5H3,(H,67,68)(H,69,70)/t54?,55-,56+,57+/m0/s1. The third-order valence-electron chi connectivity index (χ3n) is 14.4. The minimum absolute atomic E-state index is 0.104. The molecule has 0 spiro atoms. The Hall–Kier alpha value is -1.94. The van der Waals surface area contributed by atoms with Gasteiger partial charge in [0.25, 0.3) is 0 Å². The zero-order valence-electron chi connectivity index (χ0n) is 51.2. The minimum atomic E-state index is -4.94. The summed E-state index contributed by atoms with van der Waals surface area (Å²) in [5.74, 6) is -1.35. The van der Waals surface area contributed by atoms with Crippen LogP contribution in [0.25, 0.3) is 0 Å². The van der Waals surface area contributed by atoms with Gasteiger partial charge in [-0.15, -0.1) is 0 Å². The molecule has 474 valence electrons. The summed E-state index contributed by atoms with van der Waals surface area (Å²) in [5, 5.41) is 10.5. The van der Waals surface area contributed by atoms with E-state index in [1.54, 1.807) is 0 Å². The maximum Gasteiger partial charge on any atom is 0.472 e. The highest BCUT2D eigenvalue weighted by Crippen LogP contribution is 2.45. The molecule has 0 aromatic rings. The molecule has 17 nitrogen and oxygen atoms in total. The molecule has 80 heavy (non-hydrogen) atoms. The fourth-order valence-electron chi connectivity index (χ4n) is 9.02. The van der Waals surface area contributed by atoms with Crippen molar-refractivity contribution in [2.24, 2.45) is 5.92 Å². The van der Waals surface area contributed by atoms with Crippen molar-refractivity contribution in [3.8, 4) is 0 Å². The van der Waals surface area contributed by atoms with E-state index in [4.69, 9.17) is 37.0 Å². The number of hydrogen-bond acceptors (Lipinski definition) is 15. The number of unbranched alkanes of at least 4 members (excludes halogenated alkanes) is 32. The van der Waals surface area contributed by atoms with Crippen LogP contribution in [0.15, 0.2) is 0 Å². The van der Waals surface area contributed by atoms with Crippen LogP contribution in [0.4, 0.5) is 0 Å². The first-order chi connectivity index (χ1) is 38.6. The van der Waals surface area contributed by atoms with Gasteiger partial charge in [-0.2, -0.15) is 0 Å². The van der Waals surface area contributed by atoms with Gasteiger partial charge in [-0.05, 0) is 31.6 Å². The first-order valence-electron chi connectivity index (χ1n) is 32.2. The molecule has 0 aliphatic carbocycles. The maximum absolute atomic E-state index is 12.9. The molecule has 0 aromatic heterocycles. The van der Waals surface area contributed by atoms with Crippen LogP contribution in [0.3, 0.4) is 0 Å². The third-order valence-corrected chi connectivity index (χ3v) is 16.3. The number of rotatable bonds is 61. The van der Waals surface area contributed by atoms with Crippen LogP contribution in [0.5, 0.6) is 0 Å². The van der Waals surface area contributed by atoms with Crippen LogP contribution in [0.1, 0.15) is 304 Å². The minimum Gasteiger partial charge on any atom is -0.462 e. The Morgan fingerprint density at radius 3 is 0.887 bits per heavy atom. The summed E-state index contributed by atoms with van der Waals surface area (Å²) >= 11 is 0. The van der Waals surface area contributed by atoms with E-state index in [-0.39, 0.29) is 25.7 Å². The molecule has 0 fully saturated rings. The Balaban J connectivity index is 5.17. The predicted octanol–water partition coefficient (Wildman–Crippen LogP) is 16.6. The highest BCUT2D eigenvalue weighted by Gasteiger charge is 2.30. The SMILES string of the molecule is CCCCCCCCCCCCCCCC(=O)OC[C@H](COP(=O)(O)OC[C@@H](O)COP(=O)(O)OC[C@@H](COC(=O)CCCCCCC)OC(=O)CCCCCCCCCC)OC(=O)CCCCCCCCCCCCC(C)CC. The second-order valence-electron chi connectivity index (χ2n) is 22.3. The number of phosphoric acid groups is 2. The number of phosphoric ester groups is 2. The van der Waals surface area contributed by atoms with Gasteiger partial charge >= 0.3 is 39.5 Å². The van der Waals surface area contributed by atoms with Gasteiger partial charge < -0.3 is 33.8 Å². The Kier molecular flexibility index (Phi) is 53.6. The van der Waals surface area contributed by atoms with E-state index in [0.717, 1.165) is 109 Å². The van der Waals surface area contributed by atoms with Gasteiger partial charge in [-0.3, -0.25) is 37.3 Å². The summed E-state index contributed by atoms with van der Waals surface area (Å²) < 4.78 is 67.6. The zero-order valence-corrected chi connectivity index (χ0v) is 53.0. The summed E-state index contributed by atoms with van der Waals surface area (Å²) in [6.07, 6.45) is 37.9. The van der Waals surface area contributed by atoms with Gasteiger partial charge in [0, 0.05) is 25.7 Å². The van der Waals surface area contributed by atoms with Crippen molar-refractivity contribution in [1.29, 1.82) is 0 Å². The molecule has 19 heteroatoms. The molecule has 0 saturated carbocycles. The molecule has 0 bridgehead atoms. The summed E-state index contributed by atoms with van der Waals surface area (Å²) in [7, 11) is -9.87. The van der Waals surface area contributed by atoms with Crippen molar-refractivity contribution in [1.82, 2.24) is 0 Å². The van der Waals surface area contributed by atoms with Crippen LogP contribution in [0, 0.1) is 5.92 Å². The first kappa shape index (κ1) is 78.1. The van der Waals surface area contributed by atoms with Crippen molar-refractivity contribution < 1.29 is 80.2 Å². The smallest absolute Gasteiger partial charge is 0.462 e. The fraction of sp³-hybridized carbons (Fsp3) is 0.934. The van der Waals surface area contributed by atoms with Crippen molar-refractivity contribution >= 4 is 39.5 Å². The molecule has 0 radical (unpaired) electrons. The number of carbonyl (C=O) groups excluding carboxylic acids is 4. The van der Waals surface area contributed by atoms with Crippen LogP contribution in [-0.4, -0.2) is 96.7 Å². The predicted molar refractivity (Wildman–Crippen MR) is 317 cm³/mol. The molecule has 3 unspecified atom stereocenters. The number of hydrogen-bond donors (Lipinski definition) is 3. The topological polar surface area (TPSA) is 237 Å². The molecule has 0 saturated heterocycles. The van der Waals surface area contributed by atoms with E-state index in [0.29, 0.717) is 25.7 Å². The van der Waals surface area contributed by atoms with Crippen LogP contribution >= 0.6 is 15.6 Å². The Morgan fingerprint density at radius 2 is 0.600 bits per heavy atom. The lowest BCUT2D eigenvalue weighted by Crippen LogP contribution is -2.30. The molecule has 0 aliphatic heterocycles. The Morgan fingerprint density at radius 1 is 0.350 bits per heavy atom. The van der Waals surface area contributed by atoms with E-state index in [1.807, 2.05) is 0 Å². The maximum atomic E-state index is 12.9. The molecule has 0 aromatic carbocycles. The second kappa shape index (κ2) is 55.0. The molecular formula is C61H118O17P2. The van der Waals surface area contributed by atoms with Crippen LogP contribution in [0.2, 0.25) is 0 Å².